The second-order valence-electron chi connectivity index (χ2n) is 7.23. The molecule has 1 fully saturated rings. The molecule has 156 valence electrons. The Morgan fingerprint density at radius 1 is 1.10 bits per heavy atom. The van der Waals surface area contributed by atoms with E-state index >= 15 is 0 Å². The van der Waals surface area contributed by atoms with Crippen LogP contribution in [-0.2, 0) is 15.8 Å². The van der Waals surface area contributed by atoms with Crippen molar-refractivity contribution < 1.29 is 8.42 Å². The van der Waals surface area contributed by atoms with Crippen LogP contribution >= 0.6 is 11.6 Å². The van der Waals surface area contributed by atoms with E-state index in [9.17, 15) is 8.42 Å². The van der Waals surface area contributed by atoms with Crippen molar-refractivity contribution in [3.05, 3.63) is 76.8 Å². The monoisotopic (exact) mass is 443 g/mol. The molecule has 1 N–H and O–H groups in total. The summed E-state index contributed by atoms with van der Waals surface area (Å²) in [4.78, 5) is 13.3. The van der Waals surface area contributed by atoms with Gasteiger partial charge in [0.2, 0.25) is 10.0 Å². The summed E-state index contributed by atoms with van der Waals surface area (Å²) in [6.07, 6.45) is 4.70. The smallest absolute Gasteiger partial charge is 0.218 e. The molecule has 3 aromatic rings. The van der Waals surface area contributed by atoms with Gasteiger partial charge in [-0.15, -0.1) is 0 Å². The van der Waals surface area contributed by atoms with E-state index in [1.54, 1.807) is 36.7 Å². The molecule has 9 heteroatoms. The molecule has 1 aromatic carbocycles. The first-order valence-corrected chi connectivity index (χ1v) is 11.7. The molecule has 0 saturated carbocycles. The van der Waals surface area contributed by atoms with Gasteiger partial charge in [-0.2, -0.15) is 4.31 Å². The molecule has 1 atom stereocenters. The minimum Gasteiger partial charge on any atom is -0.324 e. The number of sulfonamides is 1. The van der Waals surface area contributed by atoms with Crippen LogP contribution in [0.3, 0.4) is 0 Å². The van der Waals surface area contributed by atoms with Crippen LogP contribution < -0.4 is 5.32 Å². The number of hydrogen-bond acceptors (Lipinski definition) is 6. The predicted octanol–water partition coefficient (Wildman–Crippen LogP) is 4.24. The van der Waals surface area contributed by atoms with Crippen molar-refractivity contribution in [2.75, 3.05) is 11.9 Å². The zero-order chi connectivity index (χ0) is 21.1. The molecule has 30 heavy (non-hydrogen) atoms. The standard InChI is InChI=1S/C21H22ClN5O2S/c1-15-6-4-10-20(24-15)26-21-13-23-12-18(25-21)19-9-5-11-27(19)30(28,29)14-16-7-2-3-8-17(16)22/h2-4,6-8,10,12-13,19H,5,9,11,14H2,1H3,(H,24,25,26)/t19-/m1/s1. The number of nitrogens with one attached hydrogen (secondary N) is 1. The SMILES string of the molecule is Cc1cccc(Nc2cncc([C@H]3CCCN3S(=O)(=O)Cc3ccccc3Cl)n2)n1. The largest absolute Gasteiger partial charge is 0.324 e. The topological polar surface area (TPSA) is 88.1 Å². The van der Waals surface area contributed by atoms with Gasteiger partial charge in [0.15, 0.2) is 0 Å². The maximum absolute atomic E-state index is 13.1. The number of aromatic nitrogens is 3. The summed E-state index contributed by atoms with van der Waals surface area (Å²) in [7, 11) is -3.56. The predicted molar refractivity (Wildman–Crippen MR) is 117 cm³/mol. The Balaban J connectivity index is 1.57. The third-order valence-electron chi connectivity index (χ3n) is 5.00. The highest BCUT2D eigenvalue weighted by Crippen LogP contribution is 2.35. The number of halogens is 1. The highest BCUT2D eigenvalue weighted by molar-refractivity contribution is 7.88. The molecule has 7 nitrogen and oxygen atoms in total. The van der Waals surface area contributed by atoms with Gasteiger partial charge in [0.05, 0.1) is 29.9 Å². The molecule has 0 bridgehead atoms. The molecule has 0 unspecified atom stereocenters. The van der Waals surface area contributed by atoms with Gasteiger partial charge in [-0.25, -0.2) is 18.4 Å². The Kier molecular flexibility index (Phi) is 5.99. The summed E-state index contributed by atoms with van der Waals surface area (Å²) in [5.74, 6) is 1.05. The first-order chi connectivity index (χ1) is 14.4. The molecule has 2 aromatic heterocycles. The second kappa shape index (κ2) is 8.67. The fourth-order valence-electron chi connectivity index (χ4n) is 3.61. The number of anilines is 2. The average molecular weight is 444 g/mol. The van der Waals surface area contributed by atoms with Gasteiger partial charge in [-0.3, -0.25) is 4.98 Å². The van der Waals surface area contributed by atoms with Gasteiger partial charge < -0.3 is 5.32 Å². The number of aryl methyl sites for hydroxylation is 1. The van der Waals surface area contributed by atoms with Crippen LogP contribution in [0.5, 0.6) is 0 Å². The van der Waals surface area contributed by atoms with Crippen molar-refractivity contribution in [2.45, 2.75) is 31.6 Å². The van der Waals surface area contributed by atoms with Gasteiger partial charge in [-0.1, -0.05) is 35.9 Å². The zero-order valence-electron chi connectivity index (χ0n) is 16.5. The van der Waals surface area contributed by atoms with Crippen LogP contribution in [0.2, 0.25) is 5.02 Å². The fraction of sp³-hybridized carbons (Fsp3) is 0.286. The zero-order valence-corrected chi connectivity index (χ0v) is 18.1. The van der Waals surface area contributed by atoms with E-state index in [2.05, 4.69) is 20.3 Å². The van der Waals surface area contributed by atoms with Gasteiger partial charge in [0.25, 0.3) is 0 Å². The van der Waals surface area contributed by atoms with Gasteiger partial charge in [0, 0.05) is 17.3 Å². The third kappa shape index (κ3) is 4.61. The van der Waals surface area contributed by atoms with Crippen molar-refractivity contribution in [3.8, 4) is 0 Å². The van der Waals surface area contributed by atoms with Crippen LogP contribution in [0.4, 0.5) is 11.6 Å². The Bertz CT molecular complexity index is 1160. The summed E-state index contributed by atoms with van der Waals surface area (Å²) < 4.78 is 27.8. The van der Waals surface area contributed by atoms with E-state index in [0.717, 1.165) is 12.1 Å². The van der Waals surface area contributed by atoms with Gasteiger partial charge in [-0.05, 0) is 43.5 Å². The first kappa shape index (κ1) is 20.7. The van der Waals surface area contributed by atoms with E-state index in [-0.39, 0.29) is 11.8 Å². The molecule has 0 spiro atoms. The summed E-state index contributed by atoms with van der Waals surface area (Å²) in [5.41, 5.74) is 2.10. The molecule has 1 aliphatic rings. The quantitative estimate of drug-likeness (QED) is 0.612. The minimum absolute atomic E-state index is 0.137. The third-order valence-corrected chi connectivity index (χ3v) is 7.19. The van der Waals surface area contributed by atoms with Crippen LogP contribution in [0.1, 0.15) is 35.8 Å². The van der Waals surface area contributed by atoms with Crippen LogP contribution in [0.25, 0.3) is 0 Å². The average Bonchev–Trinajstić information content (AvgIpc) is 3.21. The normalized spacial score (nSPS) is 17.2. The van der Waals surface area contributed by atoms with Crippen molar-refractivity contribution in [3.63, 3.8) is 0 Å². The Morgan fingerprint density at radius 2 is 1.93 bits per heavy atom. The molecular formula is C21H22ClN5O2S. The first-order valence-electron chi connectivity index (χ1n) is 9.68. The maximum Gasteiger partial charge on any atom is 0.218 e. The van der Waals surface area contributed by atoms with Crippen LogP contribution in [0.15, 0.2) is 54.9 Å². The Labute approximate surface area is 181 Å². The molecule has 0 amide bonds. The van der Waals surface area contributed by atoms with Crippen LogP contribution in [-0.4, -0.2) is 34.2 Å². The maximum atomic E-state index is 13.1. The Hall–Kier alpha value is -2.55. The lowest BCUT2D eigenvalue weighted by Crippen LogP contribution is -2.32. The van der Waals surface area contributed by atoms with E-state index in [4.69, 9.17) is 11.6 Å². The number of hydrogen-bond donors (Lipinski definition) is 1. The lowest BCUT2D eigenvalue weighted by atomic mass is 10.2. The van der Waals surface area contributed by atoms with E-state index in [1.165, 1.54) is 4.31 Å². The van der Waals surface area contributed by atoms with E-state index in [1.807, 2.05) is 25.1 Å². The van der Waals surface area contributed by atoms with Crippen molar-refractivity contribution in [2.24, 2.45) is 0 Å². The summed E-state index contributed by atoms with van der Waals surface area (Å²) in [6.45, 7) is 2.36. The molecule has 1 aliphatic heterocycles. The molecule has 0 radical (unpaired) electrons. The minimum atomic E-state index is -3.56. The summed E-state index contributed by atoms with van der Waals surface area (Å²) >= 11 is 6.18. The highest BCUT2D eigenvalue weighted by Gasteiger charge is 2.36. The number of nitrogens with zero attached hydrogens (tertiary/aromatic N) is 4. The number of benzene rings is 1. The fourth-order valence-corrected chi connectivity index (χ4v) is 5.71. The molecule has 4 rings (SSSR count). The van der Waals surface area contributed by atoms with Crippen LogP contribution in [0, 0.1) is 6.92 Å². The lowest BCUT2D eigenvalue weighted by Gasteiger charge is -2.24. The number of pyridine rings is 1. The highest BCUT2D eigenvalue weighted by atomic mass is 35.5. The summed E-state index contributed by atoms with van der Waals surface area (Å²) in [6, 6.07) is 12.3. The lowest BCUT2D eigenvalue weighted by molar-refractivity contribution is 0.389. The molecular weight excluding hydrogens is 422 g/mol. The van der Waals surface area contributed by atoms with E-state index in [0.29, 0.717) is 40.9 Å². The molecule has 3 heterocycles. The second-order valence-corrected chi connectivity index (χ2v) is 9.56. The van der Waals surface area contributed by atoms with Crippen molar-refractivity contribution in [1.82, 2.24) is 19.3 Å². The molecule has 1 saturated heterocycles. The van der Waals surface area contributed by atoms with Gasteiger partial charge in [0.1, 0.15) is 11.6 Å². The summed E-state index contributed by atoms with van der Waals surface area (Å²) in [5, 5.41) is 3.59. The van der Waals surface area contributed by atoms with Gasteiger partial charge >= 0.3 is 0 Å². The van der Waals surface area contributed by atoms with Crippen molar-refractivity contribution in [1.29, 1.82) is 0 Å². The molecule has 0 aliphatic carbocycles. The van der Waals surface area contributed by atoms with E-state index < -0.39 is 10.0 Å². The number of rotatable bonds is 6. The Morgan fingerprint density at radius 3 is 2.73 bits per heavy atom. The van der Waals surface area contributed by atoms with Crippen molar-refractivity contribution >= 4 is 33.3 Å².